The van der Waals surface area contributed by atoms with Gasteiger partial charge in [0.2, 0.25) is 11.0 Å². The summed E-state index contributed by atoms with van der Waals surface area (Å²) in [5.41, 5.74) is -2.14. The maximum absolute atomic E-state index is 15.2. The molecule has 3 aromatic rings. The van der Waals surface area contributed by atoms with E-state index in [1.807, 2.05) is 0 Å². The Kier molecular flexibility index (Phi) is 8.89. The van der Waals surface area contributed by atoms with Gasteiger partial charge in [0.15, 0.2) is 11.5 Å². The van der Waals surface area contributed by atoms with Crippen molar-refractivity contribution in [1.82, 2.24) is 0 Å². The maximum atomic E-state index is 15.2. The lowest BCUT2D eigenvalue weighted by Gasteiger charge is -2.24. The molecule has 196 valence electrons. The van der Waals surface area contributed by atoms with Gasteiger partial charge < -0.3 is 33.0 Å². The molecule has 0 saturated carbocycles. The number of benzene rings is 3. The molecular formula is C26H26BrO9P. The largest absolute Gasteiger partial charge is 0.496 e. The van der Waals surface area contributed by atoms with Crippen molar-refractivity contribution < 1.29 is 42.6 Å². The van der Waals surface area contributed by atoms with Crippen LogP contribution in [0.25, 0.3) is 0 Å². The molecule has 0 bridgehead atoms. The smallest absolute Gasteiger partial charge is 0.256 e. The molecular weight excluding hydrogens is 567 g/mol. The van der Waals surface area contributed by atoms with Crippen molar-refractivity contribution in [2.75, 3.05) is 42.7 Å². The van der Waals surface area contributed by atoms with E-state index in [9.17, 15) is 9.59 Å². The maximum Gasteiger partial charge on any atom is 0.256 e. The van der Waals surface area contributed by atoms with Crippen LogP contribution in [0.1, 0.15) is 20.7 Å². The lowest BCUT2D eigenvalue weighted by Crippen LogP contribution is -2.25. The highest BCUT2D eigenvalue weighted by Crippen LogP contribution is 2.59. The predicted octanol–water partition coefficient (Wildman–Crippen LogP) is 5.17. The SMILES string of the molecule is COc1cc(OC)c(C(=O)P(=O)(C(=O)c2ccccc2)c2c(OC)c(Br)cc(OC)c2OC)c(OC)c1. The molecule has 0 aliphatic carbocycles. The second-order valence-corrected chi connectivity index (χ2v) is 10.8. The van der Waals surface area contributed by atoms with Crippen LogP contribution in [-0.2, 0) is 4.57 Å². The number of halogens is 1. The number of rotatable bonds is 11. The average Bonchev–Trinajstić information content (AvgIpc) is 2.94. The number of ether oxygens (including phenoxy) is 6. The lowest BCUT2D eigenvalue weighted by molar-refractivity contribution is 0.103. The van der Waals surface area contributed by atoms with Gasteiger partial charge in [-0.2, -0.15) is 0 Å². The third-order valence-corrected chi connectivity index (χ3v) is 8.84. The minimum absolute atomic E-state index is 0.00202. The van der Waals surface area contributed by atoms with Crippen LogP contribution in [0.2, 0.25) is 0 Å². The molecule has 3 rings (SSSR count). The van der Waals surface area contributed by atoms with Crippen molar-refractivity contribution in [3.05, 3.63) is 64.1 Å². The normalized spacial score (nSPS) is 12.2. The van der Waals surface area contributed by atoms with Crippen LogP contribution < -0.4 is 33.7 Å². The summed E-state index contributed by atoms with van der Waals surface area (Å²) >= 11 is 3.37. The number of methoxy groups -OCH3 is 6. The first kappa shape index (κ1) is 28.1. The molecule has 3 aromatic carbocycles. The van der Waals surface area contributed by atoms with E-state index >= 15 is 4.57 Å². The highest BCUT2D eigenvalue weighted by atomic mass is 79.9. The van der Waals surface area contributed by atoms with Gasteiger partial charge in [0.05, 0.1) is 47.1 Å². The minimum atomic E-state index is -4.82. The highest BCUT2D eigenvalue weighted by molar-refractivity contribution is 9.10. The molecule has 0 aromatic heterocycles. The molecule has 0 radical (unpaired) electrons. The Bertz CT molecular complexity index is 1350. The summed E-state index contributed by atoms with van der Waals surface area (Å²) in [6.45, 7) is 0. The molecule has 1 atom stereocenters. The van der Waals surface area contributed by atoms with E-state index in [1.54, 1.807) is 18.2 Å². The molecule has 11 heteroatoms. The van der Waals surface area contributed by atoms with E-state index in [2.05, 4.69) is 15.9 Å². The van der Waals surface area contributed by atoms with Gasteiger partial charge in [-0.15, -0.1) is 0 Å². The van der Waals surface area contributed by atoms with Crippen molar-refractivity contribution in [2.24, 2.45) is 0 Å². The van der Waals surface area contributed by atoms with E-state index in [0.717, 1.165) is 0 Å². The van der Waals surface area contributed by atoms with E-state index in [4.69, 9.17) is 28.4 Å². The van der Waals surface area contributed by atoms with E-state index in [-0.39, 0.29) is 45.2 Å². The summed E-state index contributed by atoms with van der Waals surface area (Å²) in [4.78, 5) is 28.5. The first-order chi connectivity index (χ1) is 17.7. The Labute approximate surface area is 223 Å². The Morgan fingerprint density at radius 2 is 1.22 bits per heavy atom. The van der Waals surface area contributed by atoms with Gasteiger partial charge in [0, 0.05) is 23.8 Å². The Balaban J connectivity index is 2.52. The zero-order valence-corrected chi connectivity index (χ0v) is 23.6. The zero-order valence-electron chi connectivity index (χ0n) is 21.1. The van der Waals surface area contributed by atoms with Crippen molar-refractivity contribution >= 4 is 39.4 Å². The summed E-state index contributed by atoms with van der Waals surface area (Å²) < 4.78 is 48.2. The van der Waals surface area contributed by atoms with E-state index < -0.39 is 18.2 Å². The number of carbonyl (C=O) groups is 2. The third-order valence-electron chi connectivity index (χ3n) is 5.59. The Morgan fingerprint density at radius 1 is 0.676 bits per heavy atom. The number of hydrogen-bond donors (Lipinski definition) is 0. The fraction of sp³-hybridized carbons (Fsp3) is 0.231. The summed E-state index contributed by atoms with van der Waals surface area (Å²) in [6.07, 6.45) is 0. The van der Waals surface area contributed by atoms with Gasteiger partial charge in [0.25, 0.3) is 7.14 Å². The molecule has 0 heterocycles. The first-order valence-corrected chi connectivity index (χ1v) is 13.3. The average molecular weight is 593 g/mol. The van der Waals surface area contributed by atoms with Crippen LogP contribution in [0.5, 0.6) is 34.5 Å². The molecule has 0 fully saturated rings. The second-order valence-electron chi connectivity index (χ2n) is 7.47. The summed E-state index contributed by atoms with van der Waals surface area (Å²) in [7, 11) is 3.29. The van der Waals surface area contributed by atoms with Gasteiger partial charge in [0.1, 0.15) is 33.9 Å². The Morgan fingerprint density at radius 3 is 1.68 bits per heavy atom. The first-order valence-electron chi connectivity index (χ1n) is 10.8. The third kappa shape index (κ3) is 4.91. The number of carbonyl (C=O) groups excluding carboxylic acids is 2. The summed E-state index contributed by atoms with van der Waals surface area (Å²) in [6, 6.07) is 12.2. The van der Waals surface area contributed by atoms with Crippen LogP contribution in [0.4, 0.5) is 0 Å². The fourth-order valence-electron chi connectivity index (χ4n) is 3.84. The summed E-state index contributed by atoms with van der Waals surface area (Å²) in [5.74, 6) is 0.353. The molecule has 37 heavy (non-hydrogen) atoms. The van der Waals surface area contributed by atoms with Crippen molar-refractivity contribution in [1.29, 1.82) is 0 Å². The predicted molar refractivity (Wildman–Crippen MR) is 142 cm³/mol. The zero-order chi connectivity index (χ0) is 27.3. The van der Waals surface area contributed by atoms with Crippen LogP contribution in [0.3, 0.4) is 0 Å². The van der Waals surface area contributed by atoms with Crippen molar-refractivity contribution in [2.45, 2.75) is 0 Å². The lowest BCUT2D eigenvalue weighted by atomic mass is 10.2. The monoisotopic (exact) mass is 592 g/mol. The van der Waals surface area contributed by atoms with Crippen LogP contribution in [0, 0.1) is 0 Å². The second kappa shape index (κ2) is 11.7. The Hall–Kier alpha value is -3.49. The van der Waals surface area contributed by atoms with E-state index in [0.29, 0.717) is 10.2 Å². The molecule has 9 nitrogen and oxygen atoms in total. The topological polar surface area (TPSA) is 107 Å². The van der Waals surface area contributed by atoms with Crippen LogP contribution >= 0.6 is 23.1 Å². The molecule has 0 amide bonds. The van der Waals surface area contributed by atoms with E-state index in [1.165, 1.54) is 73.0 Å². The quantitative estimate of drug-likeness (QED) is 0.279. The minimum Gasteiger partial charge on any atom is -0.496 e. The molecule has 0 aliphatic rings. The summed E-state index contributed by atoms with van der Waals surface area (Å²) in [5, 5.41) is -0.262. The highest BCUT2D eigenvalue weighted by Gasteiger charge is 2.50. The molecule has 0 aliphatic heterocycles. The van der Waals surface area contributed by atoms with Gasteiger partial charge >= 0.3 is 0 Å². The van der Waals surface area contributed by atoms with Gasteiger partial charge in [-0.3, -0.25) is 9.59 Å². The van der Waals surface area contributed by atoms with Gasteiger partial charge in [-0.05, 0) is 15.9 Å². The van der Waals surface area contributed by atoms with Crippen LogP contribution in [-0.4, -0.2) is 53.7 Å². The van der Waals surface area contributed by atoms with Crippen molar-refractivity contribution in [3.8, 4) is 34.5 Å². The van der Waals surface area contributed by atoms with Gasteiger partial charge in [-0.1, -0.05) is 30.3 Å². The molecule has 0 spiro atoms. The van der Waals surface area contributed by atoms with Crippen molar-refractivity contribution in [3.63, 3.8) is 0 Å². The molecule has 1 unspecified atom stereocenters. The number of hydrogen-bond acceptors (Lipinski definition) is 9. The van der Waals surface area contributed by atoms with Crippen LogP contribution in [0.15, 0.2) is 53.0 Å². The fourth-order valence-corrected chi connectivity index (χ4v) is 7.19. The molecule has 0 N–H and O–H groups in total. The molecule has 0 saturated heterocycles. The van der Waals surface area contributed by atoms with Gasteiger partial charge in [-0.25, -0.2) is 0 Å². The standard InChI is InChI=1S/C26H26BrO9P/c1-31-16-12-18(32-2)21(19(13-16)33-3)26(29)37(30,25(28)15-10-8-7-9-11-15)24-22(35-5)17(27)14-20(34-4)23(24)36-6/h7-14H,1-6H3.